The lowest BCUT2D eigenvalue weighted by Crippen LogP contribution is -2.42. The van der Waals surface area contributed by atoms with Gasteiger partial charge in [-0.05, 0) is 46.1 Å². The number of fused-ring (bicyclic) bond motifs is 1. The van der Waals surface area contributed by atoms with Gasteiger partial charge in [0.05, 0.1) is 28.8 Å². The fourth-order valence-corrected chi connectivity index (χ4v) is 4.77. The Morgan fingerprint density at radius 1 is 1.29 bits per heavy atom. The molecule has 1 fully saturated rings. The molecule has 2 aliphatic rings. The van der Waals surface area contributed by atoms with Crippen molar-refractivity contribution in [1.82, 2.24) is 0 Å². The Morgan fingerprint density at radius 2 is 1.92 bits per heavy atom. The quantitative estimate of drug-likeness (QED) is 0.772. The molecule has 4 N–H and O–H groups in total. The van der Waals surface area contributed by atoms with Crippen LogP contribution in [0, 0.1) is 5.41 Å². The van der Waals surface area contributed by atoms with E-state index in [1.807, 2.05) is 27.7 Å². The monoisotopic (exact) mass is 352 g/mol. The van der Waals surface area contributed by atoms with Gasteiger partial charge < -0.3 is 20.9 Å². The minimum atomic E-state index is -0.704. The van der Waals surface area contributed by atoms with E-state index in [1.54, 1.807) is 0 Å². The van der Waals surface area contributed by atoms with Crippen LogP contribution in [0.1, 0.15) is 61.3 Å². The number of aliphatic hydroxyl groups excluding tert-OH is 1. The molecular formula is C17H24N2O4S. The smallest absolute Gasteiger partial charge is 0.251 e. The average molecular weight is 352 g/mol. The first-order valence-electron chi connectivity index (χ1n) is 8.10. The summed E-state index contributed by atoms with van der Waals surface area (Å²) in [5, 5.41) is 12.7. The molecule has 1 aromatic rings. The van der Waals surface area contributed by atoms with Crippen molar-refractivity contribution in [3.8, 4) is 0 Å². The van der Waals surface area contributed by atoms with Gasteiger partial charge in [-0.1, -0.05) is 0 Å². The molecule has 0 bridgehead atoms. The molecule has 0 atom stereocenters. The van der Waals surface area contributed by atoms with Crippen molar-refractivity contribution in [3.05, 3.63) is 16.0 Å². The molecule has 0 saturated heterocycles. The molecule has 1 aromatic heterocycles. The lowest BCUT2D eigenvalue weighted by atomic mass is 9.86. The van der Waals surface area contributed by atoms with Crippen molar-refractivity contribution in [1.29, 1.82) is 0 Å². The van der Waals surface area contributed by atoms with Crippen molar-refractivity contribution in [3.63, 3.8) is 0 Å². The first kappa shape index (κ1) is 17.4. The maximum Gasteiger partial charge on any atom is 0.251 e. The molecule has 0 aromatic carbocycles. The number of hydrogen-bond donors (Lipinski definition) is 3. The normalized spacial score (nSPS) is 22.5. The third kappa shape index (κ3) is 2.74. The summed E-state index contributed by atoms with van der Waals surface area (Å²) in [6.07, 6.45) is 1.88. The summed E-state index contributed by atoms with van der Waals surface area (Å²) in [6, 6.07) is 0. The van der Waals surface area contributed by atoms with Crippen LogP contribution in [0.4, 0.5) is 5.00 Å². The van der Waals surface area contributed by atoms with E-state index in [0.717, 1.165) is 10.4 Å². The zero-order valence-electron chi connectivity index (χ0n) is 14.5. The number of hydrogen-bond acceptors (Lipinski definition) is 5. The average Bonchev–Trinajstić information content (AvgIpc) is 3.14. The van der Waals surface area contributed by atoms with E-state index in [4.69, 9.17) is 10.5 Å². The first-order valence-corrected chi connectivity index (χ1v) is 8.91. The Kier molecular flexibility index (Phi) is 3.82. The van der Waals surface area contributed by atoms with Gasteiger partial charge in [0.2, 0.25) is 5.91 Å². The van der Waals surface area contributed by atoms with Crippen LogP contribution in [0.5, 0.6) is 0 Å². The van der Waals surface area contributed by atoms with Crippen molar-refractivity contribution in [2.24, 2.45) is 11.1 Å². The van der Waals surface area contributed by atoms with E-state index in [1.165, 1.54) is 11.3 Å². The number of rotatable bonds is 4. The van der Waals surface area contributed by atoms with Crippen LogP contribution < -0.4 is 11.1 Å². The number of carbonyl (C=O) groups is 2. The van der Waals surface area contributed by atoms with E-state index in [-0.39, 0.29) is 12.5 Å². The molecule has 1 aliphatic carbocycles. The second-order valence-electron chi connectivity index (χ2n) is 7.92. The minimum Gasteiger partial charge on any atom is -0.395 e. The molecule has 24 heavy (non-hydrogen) atoms. The second-order valence-corrected chi connectivity index (χ2v) is 8.94. The number of nitrogens with two attached hydrogens (primary N) is 1. The molecule has 132 valence electrons. The van der Waals surface area contributed by atoms with Crippen LogP contribution in [0.15, 0.2) is 0 Å². The van der Waals surface area contributed by atoms with Crippen LogP contribution in [-0.4, -0.2) is 29.1 Å². The molecule has 0 spiro atoms. The second kappa shape index (κ2) is 5.28. The molecule has 6 nitrogen and oxygen atoms in total. The van der Waals surface area contributed by atoms with Crippen molar-refractivity contribution >= 4 is 28.2 Å². The number of ether oxygens (including phenoxy) is 1. The van der Waals surface area contributed by atoms with E-state index >= 15 is 0 Å². The summed E-state index contributed by atoms with van der Waals surface area (Å²) in [5.74, 6) is -0.797. The predicted octanol–water partition coefficient (Wildman–Crippen LogP) is 2.14. The lowest BCUT2D eigenvalue weighted by molar-refractivity contribution is -0.135. The molecule has 7 heteroatoms. The number of carbonyl (C=O) groups excluding carboxylic acids is 2. The van der Waals surface area contributed by atoms with Crippen LogP contribution in [0.3, 0.4) is 0 Å². The summed E-state index contributed by atoms with van der Waals surface area (Å²) < 4.78 is 6.15. The zero-order valence-corrected chi connectivity index (χ0v) is 15.3. The summed E-state index contributed by atoms with van der Waals surface area (Å²) in [4.78, 5) is 25.5. The van der Waals surface area contributed by atoms with E-state index in [0.29, 0.717) is 29.8 Å². The van der Waals surface area contributed by atoms with Crippen molar-refractivity contribution in [2.75, 3.05) is 11.9 Å². The number of thiophene rings is 1. The van der Waals surface area contributed by atoms with Gasteiger partial charge in [-0.2, -0.15) is 0 Å². The molecule has 2 heterocycles. The lowest BCUT2D eigenvalue weighted by Gasteiger charge is -2.41. The molecule has 0 unspecified atom stereocenters. The minimum absolute atomic E-state index is 0.183. The fourth-order valence-electron chi connectivity index (χ4n) is 3.51. The van der Waals surface area contributed by atoms with Crippen LogP contribution in [-0.2, 0) is 21.6 Å². The summed E-state index contributed by atoms with van der Waals surface area (Å²) in [7, 11) is 0. The predicted molar refractivity (Wildman–Crippen MR) is 92.1 cm³/mol. The van der Waals surface area contributed by atoms with Crippen LogP contribution in [0.25, 0.3) is 0 Å². The molecule has 1 saturated carbocycles. The number of anilines is 1. The Hall–Kier alpha value is -1.44. The third-order valence-corrected chi connectivity index (χ3v) is 6.25. The molecular weight excluding hydrogens is 328 g/mol. The number of aliphatic hydroxyl groups is 1. The van der Waals surface area contributed by atoms with Gasteiger partial charge in [-0.25, -0.2) is 0 Å². The van der Waals surface area contributed by atoms with Crippen LogP contribution in [0.2, 0.25) is 0 Å². The summed E-state index contributed by atoms with van der Waals surface area (Å²) in [5.41, 5.74) is 5.16. The zero-order chi connectivity index (χ0) is 17.9. The Morgan fingerprint density at radius 3 is 2.42 bits per heavy atom. The topological polar surface area (TPSA) is 102 Å². The maximum atomic E-state index is 12.5. The summed E-state index contributed by atoms with van der Waals surface area (Å²) in [6.45, 7) is 7.68. The Balaban J connectivity index is 2.04. The van der Waals surface area contributed by atoms with Crippen LogP contribution >= 0.6 is 11.3 Å². The van der Waals surface area contributed by atoms with E-state index < -0.39 is 22.5 Å². The van der Waals surface area contributed by atoms with Crippen molar-refractivity contribution < 1.29 is 19.4 Å². The van der Waals surface area contributed by atoms with Gasteiger partial charge in [-0.15, -0.1) is 11.3 Å². The van der Waals surface area contributed by atoms with Gasteiger partial charge in [-0.3, -0.25) is 9.59 Å². The van der Waals surface area contributed by atoms with Gasteiger partial charge in [0.1, 0.15) is 5.00 Å². The Labute approximate surface area is 145 Å². The fraction of sp³-hybridized carbons (Fsp3) is 0.647. The van der Waals surface area contributed by atoms with Gasteiger partial charge in [0.25, 0.3) is 5.91 Å². The van der Waals surface area contributed by atoms with E-state index in [9.17, 15) is 14.7 Å². The molecule has 3 rings (SSSR count). The highest BCUT2D eigenvalue weighted by Gasteiger charge is 2.50. The number of primary amides is 1. The molecule has 1 aliphatic heterocycles. The summed E-state index contributed by atoms with van der Waals surface area (Å²) >= 11 is 1.34. The SMILES string of the molecule is CC1(C)Cc2c(sc(NC(=O)C3(CO)CC3)c2C(N)=O)C(C)(C)O1. The Bertz CT molecular complexity index is 716. The largest absolute Gasteiger partial charge is 0.395 e. The van der Waals surface area contributed by atoms with Crippen molar-refractivity contribution in [2.45, 2.75) is 58.2 Å². The highest BCUT2D eigenvalue weighted by atomic mass is 32.1. The standard InChI is InChI=1S/C17H24N2O4S/c1-15(2)7-9-10(12(18)21)13(24-11(9)16(3,4)23-15)19-14(22)17(8-20)5-6-17/h20H,5-8H2,1-4H3,(H2,18,21)(H,19,22). The van der Waals surface area contributed by atoms with Gasteiger partial charge >= 0.3 is 0 Å². The molecule has 0 radical (unpaired) electrons. The highest BCUT2D eigenvalue weighted by Crippen LogP contribution is 2.50. The number of nitrogens with one attached hydrogen (secondary N) is 1. The van der Waals surface area contributed by atoms with E-state index in [2.05, 4.69) is 5.32 Å². The van der Waals surface area contributed by atoms with Gasteiger partial charge in [0.15, 0.2) is 0 Å². The third-order valence-electron chi connectivity index (χ3n) is 4.80. The first-order chi connectivity index (χ1) is 11.0. The number of amides is 2. The highest BCUT2D eigenvalue weighted by molar-refractivity contribution is 7.17. The molecule has 2 amide bonds. The maximum absolute atomic E-state index is 12.5. The van der Waals surface area contributed by atoms with Gasteiger partial charge in [0, 0.05) is 11.3 Å².